The number of benzene rings is 2. The fourth-order valence-corrected chi connectivity index (χ4v) is 2.36. The van der Waals surface area contributed by atoms with Gasteiger partial charge in [-0.3, -0.25) is 0 Å². The third-order valence-corrected chi connectivity index (χ3v) is 3.64. The average Bonchev–Trinajstić information content (AvgIpc) is 2.62. The molecule has 1 unspecified atom stereocenters. The molecule has 132 valence electrons. The van der Waals surface area contributed by atoms with Gasteiger partial charge in [0.1, 0.15) is 11.5 Å². The Morgan fingerprint density at radius 1 is 0.920 bits per heavy atom. The molecule has 0 aliphatic rings. The second-order valence-corrected chi connectivity index (χ2v) is 5.62. The van der Waals surface area contributed by atoms with Crippen molar-refractivity contribution < 1.29 is 23.8 Å². The van der Waals surface area contributed by atoms with Gasteiger partial charge in [0.05, 0.1) is 24.3 Å². The summed E-state index contributed by atoms with van der Waals surface area (Å²) >= 11 is 0. The van der Waals surface area contributed by atoms with Crippen molar-refractivity contribution in [3.8, 4) is 11.5 Å². The largest absolute Gasteiger partial charge is 0.497 e. The molecule has 0 aliphatic carbocycles. The first-order valence-corrected chi connectivity index (χ1v) is 8.21. The normalized spacial score (nSPS) is 11.5. The summed E-state index contributed by atoms with van der Waals surface area (Å²) in [5.74, 6) is -0.105. The summed E-state index contributed by atoms with van der Waals surface area (Å²) in [6.07, 6.45) is 1.47. The molecule has 25 heavy (non-hydrogen) atoms. The Morgan fingerprint density at radius 3 is 2.04 bits per heavy atom. The van der Waals surface area contributed by atoms with Crippen molar-refractivity contribution in [2.75, 3.05) is 7.11 Å². The van der Waals surface area contributed by atoms with E-state index in [-0.39, 0.29) is 17.2 Å². The van der Waals surface area contributed by atoms with Gasteiger partial charge in [-0.1, -0.05) is 25.5 Å². The summed E-state index contributed by atoms with van der Waals surface area (Å²) in [5, 5.41) is 0. The molecule has 5 nitrogen and oxygen atoms in total. The minimum absolute atomic E-state index is 0.173. The minimum atomic E-state index is -0.610. The van der Waals surface area contributed by atoms with E-state index in [2.05, 4.69) is 0 Å². The number of ether oxygens (including phenoxy) is 3. The molecule has 2 aromatic rings. The maximum atomic E-state index is 12.4. The molecule has 0 saturated carbocycles. The third kappa shape index (κ3) is 5.08. The number of hydrogen-bond donors (Lipinski definition) is 0. The van der Waals surface area contributed by atoms with Crippen LogP contribution in [-0.2, 0) is 4.74 Å². The summed E-state index contributed by atoms with van der Waals surface area (Å²) < 4.78 is 15.8. The standard InChI is InChI=1S/C20H22O5/c1-4-7-14(2)24-19(21)17-8-5-6-9-18(17)20(22)25-16-12-10-15(23-3)11-13-16/h5-6,8-14H,4,7H2,1-3H3. The zero-order valence-electron chi connectivity index (χ0n) is 14.7. The second kappa shape index (κ2) is 8.87. The number of carbonyl (C=O) groups is 2. The van der Waals surface area contributed by atoms with Crippen molar-refractivity contribution in [1.82, 2.24) is 0 Å². The Bertz CT molecular complexity index is 721. The van der Waals surface area contributed by atoms with Crippen LogP contribution < -0.4 is 9.47 Å². The van der Waals surface area contributed by atoms with E-state index in [0.717, 1.165) is 12.8 Å². The van der Waals surface area contributed by atoms with Crippen LogP contribution >= 0.6 is 0 Å². The first-order chi connectivity index (χ1) is 12.0. The molecule has 2 rings (SSSR count). The van der Waals surface area contributed by atoms with Gasteiger partial charge >= 0.3 is 11.9 Å². The van der Waals surface area contributed by atoms with Gasteiger partial charge in [-0.2, -0.15) is 0 Å². The summed E-state index contributed by atoms with van der Waals surface area (Å²) in [6.45, 7) is 3.85. The van der Waals surface area contributed by atoms with Crippen molar-refractivity contribution in [2.24, 2.45) is 0 Å². The first kappa shape index (κ1) is 18.5. The molecule has 0 spiro atoms. The Labute approximate surface area is 147 Å². The van der Waals surface area contributed by atoms with Crippen LogP contribution in [0.3, 0.4) is 0 Å². The Morgan fingerprint density at radius 2 is 1.48 bits per heavy atom. The quantitative estimate of drug-likeness (QED) is 0.556. The van der Waals surface area contributed by atoms with Crippen LogP contribution in [0.2, 0.25) is 0 Å². The number of rotatable bonds is 7. The molecule has 0 fully saturated rings. The molecule has 0 aliphatic heterocycles. The van der Waals surface area contributed by atoms with Crippen LogP contribution in [0.5, 0.6) is 11.5 Å². The highest BCUT2D eigenvalue weighted by Crippen LogP contribution is 2.20. The highest BCUT2D eigenvalue weighted by Gasteiger charge is 2.21. The van der Waals surface area contributed by atoms with E-state index in [1.807, 2.05) is 13.8 Å². The molecule has 1 atom stereocenters. The molecule has 0 saturated heterocycles. The zero-order chi connectivity index (χ0) is 18.2. The van der Waals surface area contributed by atoms with Gasteiger partial charge in [0, 0.05) is 0 Å². The molecule has 0 radical (unpaired) electrons. The molecular formula is C20H22O5. The van der Waals surface area contributed by atoms with Gasteiger partial charge in [-0.05, 0) is 49.7 Å². The highest BCUT2D eigenvalue weighted by atomic mass is 16.5. The van der Waals surface area contributed by atoms with Crippen molar-refractivity contribution >= 4 is 11.9 Å². The van der Waals surface area contributed by atoms with E-state index in [9.17, 15) is 9.59 Å². The van der Waals surface area contributed by atoms with E-state index in [1.165, 1.54) is 0 Å². The van der Waals surface area contributed by atoms with Gasteiger partial charge in [0.25, 0.3) is 0 Å². The minimum Gasteiger partial charge on any atom is -0.497 e. The lowest BCUT2D eigenvalue weighted by Gasteiger charge is -2.14. The molecule has 0 aromatic heterocycles. The van der Waals surface area contributed by atoms with Crippen molar-refractivity contribution in [1.29, 1.82) is 0 Å². The fraction of sp³-hybridized carbons (Fsp3) is 0.300. The SMILES string of the molecule is CCCC(C)OC(=O)c1ccccc1C(=O)Oc1ccc(OC)cc1. The Hall–Kier alpha value is -2.82. The van der Waals surface area contributed by atoms with Gasteiger partial charge in [0.15, 0.2) is 0 Å². The summed E-state index contributed by atoms with van der Waals surface area (Å²) in [5.41, 5.74) is 0.371. The number of hydrogen-bond acceptors (Lipinski definition) is 5. The van der Waals surface area contributed by atoms with E-state index in [1.54, 1.807) is 55.6 Å². The lowest BCUT2D eigenvalue weighted by Crippen LogP contribution is -2.19. The third-order valence-electron chi connectivity index (χ3n) is 3.64. The smallest absolute Gasteiger partial charge is 0.344 e. The Balaban J connectivity index is 2.15. The van der Waals surface area contributed by atoms with E-state index < -0.39 is 11.9 Å². The van der Waals surface area contributed by atoms with Crippen LogP contribution in [-0.4, -0.2) is 25.2 Å². The van der Waals surface area contributed by atoms with Crippen molar-refractivity contribution in [3.05, 3.63) is 59.7 Å². The van der Waals surface area contributed by atoms with Gasteiger partial charge < -0.3 is 14.2 Å². The monoisotopic (exact) mass is 342 g/mol. The van der Waals surface area contributed by atoms with Gasteiger partial charge in [-0.25, -0.2) is 9.59 Å². The first-order valence-electron chi connectivity index (χ1n) is 8.21. The predicted octanol–water partition coefficient (Wildman–Crippen LogP) is 4.26. The molecular weight excluding hydrogens is 320 g/mol. The summed E-state index contributed by atoms with van der Waals surface area (Å²) in [7, 11) is 1.56. The topological polar surface area (TPSA) is 61.8 Å². The molecule has 0 heterocycles. The maximum Gasteiger partial charge on any atom is 0.344 e. The van der Waals surface area contributed by atoms with Crippen molar-refractivity contribution in [2.45, 2.75) is 32.8 Å². The maximum absolute atomic E-state index is 12.4. The van der Waals surface area contributed by atoms with Crippen LogP contribution in [0.15, 0.2) is 48.5 Å². The van der Waals surface area contributed by atoms with Gasteiger partial charge in [-0.15, -0.1) is 0 Å². The molecule has 2 aromatic carbocycles. The van der Waals surface area contributed by atoms with Gasteiger partial charge in [0.2, 0.25) is 0 Å². The predicted molar refractivity (Wildman–Crippen MR) is 94.2 cm³/mol. The summed E-state index contributed by atoms with van der Waals surface area (Å²) in [6, 6.07) is 13.1. The van der Waals surface area contributed by atoms with Crippen LogP contribution in [0.25, 0.3) is 0 Å². The number of esters is 2. The van der Waals surface area contributed by atoms with Crippen molar-refractivity contribution in [3.63, 3.8) is 0 Å². The zero-order valence-corrected chi connectivity index (χ0v) is 14.7. The average molecular weight is 342 g/mol. The molecule has 0 amide bonds. The lowest BCUT2D eigenvalue weighted by atomic mass is 10.1. The lowest BCUT2D eigenvalue weighted by molar-refractivity contribution is 0.0318. The molecule has 0 bridgehead atoms. The molecule has 0 N–H and O–H groups in total. The van der Waals surface area contributed by atoms with E-state index in [4.69, 9.17) is 14.2 Å². The number of carbonyl (C=O) groups excluding carboxylic acids is 2. The van der Waals surface area contributed by atoms with Crippen LogP contribution in [0.4, 0.5) is 0 Å². The van der Waals surface area contributed by atoms with E-state index in [0.29, 0.717) is 11.5 Å². The molecule has 5 heteroatoms. The fourth-order valence-electron chi connectivity index (χ4n) is 2.36. The van der Waals surface area contributed by atoms with E-state index >= 15 is 0 Å². The summed E-state index contributed by atoms with van der Waals surface area (Å²) in [4.78, 5) is 24.8. The second-order valence-electron chi connectivity index (χ2n) is 5.62. The Kier molecular flexibility index (Phi) is 6.57. The van der Waals surface area contributed by atoms with Crippen LogP contribution in [0, 0.1) is 0 Å². The van der Waals surface area contributed by atoms with Crippen LogP contribution in [0.1, 0.15) is 47.4 Å². The number of methoxy groups -OCH3 is 1. The highest BCUT2D eigenvalue weighted by molar-refractivity contribution is 6.03.